The molecule has 0 amide bonds. The molecular weight excluding hydrogens is 300 g/mol. The van der Waals surface area contributed by atoms with Gasteiger partial charge in [-0.25, -0.2) is 0 Å². The largest absolute Gasteiger partial charge is 0.436 e. The second kappa shape index (κ2) is 4.71. The second-order valence-electron chi connectivity index (χ2n) is 5.20. The highest BCUT2D eigenvalue weighted by Gasteiger charge is 2.19. The predicted octanol–water partition coefficient (Wildman–Crippen LogP) is 4.05. The van der Waals surface area contributed by atoms with E-state index in [4.69, 9.17) is 16.0 Å². The molecule has 0 N–H and O–H groups in total. The normalized spacial score (nSPS) is 11.4. The Bertz CT molecular complexity index is 1020. The van der Waals surface area contributed by atoms with Crippen molar-refractivity contribution in [3.63, 3.8) is 0 Å². The number of nitrogens with zero attached hydrogens (tertiary/aromatic N) is 2. The molecule has 4 rings (SSSR count). The quantitative estimate of drug-likeness (QED) is 0.533. The summed E-state index contributed by atoms with van der Waals surface area (Å²) < 4.78 is 7.07. The monoisotopic (exact) mass is 310 g/mol. The van der Waals surface area contributed by atoms with Crippen molar-refractivity contribution in [1.29, 1.82) is 0 Å². The van der Waals surface area contributed by atoms with E-state index in [1.165, 1.54) is 4.68 Å². The first-order valence-electron chi connectivity index (χ1n) is 6.81. The maximum atomic E-state index is 12.5. The van der Waals surface area contributed by atoms with Crippen LogP contribution in [0.25, 0.3) is 28.1 Å². The van der Waals surface area contributed by atoms with Gasteiger partial charge in [-0.3, -0.25) is 4.79 Å². The lowest BCUT2D eigenvalue weighted by Crippen LogP contribution is -2.14. The minimum atomic E-state index is -0.204. The SMILES string of the molecule is Cc1ccc(-n2nc3oc4ccc(Cl)cc4cc-3c2=O)cc1. The number of aryl methyl sites for hydroxylation is 1. The van der Waals surface area contributed by atoms with E-state index in [9.17, 15) is 4.79 Å². The number of halogens is 1. The molecule has 2 aromatic rings. The van der Waals surface area contributed by atoms with E-state index in [-0.39, 0.29) is 5.56 Å². The van der Waals surface area contributed by atoms with Crippen LogP contribution in [0, 0.1) is 6.92 Å². The first-order valence-corrected chi connectivity index (χ1v) is 7.19. The zero-order valence-electron chi connectivity index (χ0n) is 11.7. The molecule has 0 atom stereocenters. The molecule has 4 nitrogen and oxygen atoms in total. The van der Waals surface area contributed by atoms with Crippen molar-refractivity contribution >= 4 is 22.6 Å². The molecule has 2 aliphatic rings. The van der Waals surface area contributed by atoms with Crippen LogP contribution in [0.4, 0.5) is 0 Å². The smallest absolute Gasteiger partial charge is 0.284 e. The Morgan fingerprint density at radius 3 is 2.64 bits per heavy atom. The lowest BCUT2D eigenvalue weighted by atomic mass is 10.2. The summed E-state index contributed by atoms with van der Waals surface area (Å²) in [6.45, 7) is 1.99. The summed E-state index contributed by atoms with van der Waals surface area (Å²) in [5, 5.41) is 5.67. The summed E-state index contributed by atoms with van der Waals surface area (Å²) in [6.07, 6.45) is 0. The third kappa shape index (κ3) is 2.00. The molecule has 0 spiro atoms. The summed E-state index contributed by atoms with van der Waals surface area (Å²) in [5.74, 6) is 0.320. The van der Waals surface area contributed by atoms with Crippen LogP contribution in [0.1, 0.15) is 5.56 Å². The van der Waals surface area contributed by atoms with Gasteiger partial charge in [0.25, 0.3) is 5.56 Å². The van der Waals surface area contributed by atoms with Gasteiger partial charge < -0.3 is 4.42 Å². The molecule has 0 saturated heterocycles. The topological polar surface area (TPSA) is 48.0 Å². The molecule has 2 aliphatic heterocycles. The molecule has 0 fully saturated rings. The van der Waals surface area contributed by atoms with Crippen LogP contribution in [0.5, 0.6) is 0 Å². The van der Waals surface area contributed by atoms with Crippen LogP contribution < -0.4 is 5.56 Å². The van der Waals surface area contributed by atoms with Crippen LogP contribution in [0.3, 0.4) is 0 Å². The third-order valence-corrected chi connectivity index (χ3v) is 3.84. The molecule has 108 valence electrons. The van der Waals surface area contributed by atoms with Gasteiger partial charge in [-0.2, -0.15) is 4.68 Å². The molecular formula is C17H11ClN2O2. The number of hydrogen-bond acceptors (Lipinski definition) is 3. The van der Waals surface area contributed by atoms with Crippen molar-refractivity contribution in [2.75, 3.05) is 0 Å². The van der Waals surface area contributed by atoms with Crippen molar-refractivity contribution in [3.05, 3.63) is 69.5 Å². The Balaban J connectivity index is 2.00. The zero-order valence-corrected chi connectivity index (χ0v) is 12.5. The lowest BCUT2D eigenvalue weighted by Gasteiger charge is -2.00. The van der Waals surface area contributed by atoms with Crippen molar-refractivity contribution < 1.29 is 4.42 Å². The molecule has 22 heavy (non-hydrogen) atoms. The maximum Gasteiger partial charge on any atom is 0.284 e. The minimum absolute atomic E-state index is 0.204. The van der Waals surface area contributed by atoms with Crippen LogP contribution >= 0.6 is 11.6 Å². The molecule has 0 unspecified atom stereocenters. The average Bonchev–Trinajstić information content (AvgIpc) is 2.82. The molecule has 0 radical (unpaired) electrons. The average molecular weight is 311 g/mol. The molecule has 2 aromatic carbocycles. The minimum Gasteiger partial charge on any atom is -0.436 e. The highest BCUT2D eigenvalue weighted by atomic mass is 35.5. The number of hydrogen-bond donors (Lipinski definition) is 0. The Kier molecular flexibility index (Phi) is 2.81. The first-order chi connectivity index (χ1) is 10.6. The number of aromatic nitrogens is 2. The van der Waals surface area contributed by atoms with Gasteiger partial charge in [0, 0.05) is 10.4 Å². The van der Waals surface area contributed by atoms with Crippen molar-refractivity contribution in [2.24, 2.45) is 0 Å². The van der Waals surface area contributed by atoms with Crippen molar-refractivity contribution in [1.82, 2.24) is 9.78 Å². The fourth-order valence-corrected chi connectivity index (χ4v) is 2.62. The molecule has 0 aliphatic carbocycles. The molecule has 0 bridgehead atoms. The summed E-state index contributed by atoms with van der Waals surface area (Å²) in [7, 11) is 0. The van der Waals surface area contributed by atoms with Crippen LogP contribution in [-0.4, -0.2) is 9.78 Å². The van der Waals surface area contributed by atoms with Gasteiger partial charge in [-0.15, -0.1) is 5.10 Å². The number of benzene rings is 2. The van der Waals surface area contributed by atoms with Crippen molar-refractivity contribution in [3.8, 4) is 17.1 Å². The summed E-state index contributed by atoms with van der Waals surface area (Å²) in [5.41, 5.74) is 2.72. The Hall–Kier alpha value is -2.59. The molecule has 2 heterocycles. The fraction of sp³-hybridized carbons (Fsp3) is 0.0588. The fourth-order valence-electron chi connectivity index (χ4n) is 2.44. The Morgan fingerprint density at radius 2 is 1.86 bits per heavy atom. The number of fused-ring (bicyclic) bond motifs is 2. The van der Waals surface area contributed by atoms with Gasteiger partial charge in [-0.1, -0.05) is 29.3 Å². The van der Waals surface area contributed by atoms with Gasteiger partial charge in [0.2, 0.25) is 5.89 Å². The highest BCUT2D eigenvalue weighted by Crippen LogP contribution is 2.27. The van der Waals surface area contributed by atoms with Crippen LogP contribution in [0.15, 0.2) is 57.7 Å². The van der Waals surface area contributed by atoms with Gasteiger partial charge in [0.05, 0.1) is 5.69 Å². The molecule has 0 saturated carbocycles. The summed E-state index contributed by atoms with van der Waals surface area (Å²) >= 11 is 5.98. The summed E-state index contributed by atoms with van der Waals surface area (Å²) in [4.78, 5) is 12.5. The van der Waals surface area contributed by atoms with Gasteiger partial charge in [-0.05, 0) is 43.3 Å². The third-order valence-electron chi connectivity index (χ3n) is 3.60. The van der Waals surface area contributed by atoms with E-state index in [2.05, 4.69) is 5.10 Å². The Morgan fingerprint density at radius 1 is 1.09 bits per heavy atom. The second-order valence-corrected chi connectivity index (χ2v) is 5.64. The highest BCUT2D eigenvalue weighted by molar-refractivity contribution is 6.31. The van der Waals surface area contributed by atoms with E-state index in [0.29, 0.717) is 27.7 Å². The molecule has 5 heteroatoms. The van der Waals surface area contributed by atoms with Crippen molar-refractivity contribution in [2.45, 2.75) is 6.92 Å². The van der Waals surface area contributed by atoms with E-state index >= 15 is 0 Å². The first kappa shape index (κ1) is 13.1. The van der Waals surface area contributed by atoms with E-state index in [1.807, 2.05) is 31.2 Å². The van der Waals surface area contributed by atoms with Crippen LogP contribution in [-0.2, 0) is 0 Å². The lowest BCUT2D eigenvalue weighted by molar-refractivity contribution is 0.591. The Labute approximate surface area is 130 Å². The van der Waals surface area contributed by atoms with Crippen LogP contribution in [0.2, 0.25) is 5.02 Å². The number of rotatable bonds is 1. The molecule has 0 aromatic heterocycles. The predicted molar refractivity (Wildman–Crippen MR) is 86.0 cm³/mol. The van der Waals surface area contributed by atoms with Gasteiger partial charge in [0.1, 0.15) is 11.1 Å². The maximum absolute atomic E-state index is 12.5. The summed E-state index contributed by atoms with van der Waals surface area (Å²) in [6, 6.07) is 14.6. The van der Waals surface area contributed by atoms with E-state index in [0.717, 1.165) is 10.9 Å². The van der Waals surface area contributed by atoms with E-state index in [1.54, 1.807) is 24.3 Å². The standard InChI is InChI=1S/C17H11ClN2O2/c1-10-2-5-13(6-3-10)20-17(21)14-9-11-8-12(18)4-7-15(11)22-16(14)19-20/h2-9H,1H3. The zero-order chi connectivity index (χ0) is 15.3. The van der Waals surface area contributed by atoms with E-state index < -0.39 is 0 Å². The van der Waals surface area contributed by atoms with Gasteiger partial charge >= 0.3 is 0 Å². The van der Waals surface area contributed by atoms with Gasteiger partial charge in [0.15, 0.2) is 0 Å².